The summed E-state index contributed by atoms with van der Waals surface area (Å²) in [4.78, 5) is 22.9. The van der Waals surface area contributed by atoms with E-state index in [2.05, 4.69) is 15.3 Å². The molecular weight excluding hydrogens is 320 g/mol. The molecule has 1 aromatic heterocycles. The van der Waals surface area contributed by atoms with Crippen LogP contribution in [0, 0.1) is 0 Å². The molecule has 0 spiro atoms. The molecule has 0 saturated carbocycles. The molecule has 1 aromatic carbocycles. The number of amides is 1. The van der Waals surface area contributed by atoms with Gasteiger partial charge in [-0.2, -0.15) is 0 Å². The van der Waals surface area contributed by atoms with Gasteiger partial charge in [-0.25, -0.2) is 9.97 Å². The third kappa shape index (κ3) is 3.99. The number of carbonyl (C=O) groups excluding carboxylic acids is 1. The summed E-state index contributed by atoms with van der Waals surface area (Å²) >= 11 is 0. The number of likely N-dealkylation sites (tertiary alicyclic amines) is 1. The van der Waals surface area contributed by atoms with E-state index in [4.69, 9.17) is 9.47 Å². The zero-order valence-electron chi connectivity index (χ0n) is 14.4. The molecule has 0 aliphatic carbocycles. The molecule has 0 radical (unpaired) electrons. The maximum absolute atomic E-state index is 12.7. The van der Waals surface area contributed by atoms with E-state index in [1.54, 1.807) is 50.9 Å². The average Bonchev–Trinajstić information content (AvgIpc) is 2.68. The highest BCUT2D eigenvalue weighted by Crippen LogP contribution is 2.28. The van der Waals surface area contributed by atoms with E-state index in [-0.39, 0.29) is 11.9 Å². The molecule has 25 heavy (non-hydrogen) atoms. The first-order valence-electron chi connectivity index (χ1n) is 8.26. The van der Waals surface area contributed by atoms with Crippen LogP contribution in [0.2, 0.25) is 0 Å². The van der Waals surface area contributed by atoms with E-state index in [1.165, 1.54) is 0 Å². The summed E-state index contributed by atoms with van der Waals surface area (Å²) in [6, 6.07) is 7.31. The van der Waals surface area contributed by atoms with Crippen LogP contribution in [-0.2, 0) is 0 Å². The van der Waals surface area contributed by atoms with Crippen molar-refractivity contribution in [3.8, 4) is 11.5 Å². The third-order valence-corrected chi connectivity index (χ3v) is 4.31. The Balaban J connectivity index is 1.60. The Kier molecular flexibility index (Phi) is 5.33. The van der Waals surface area contributed by atoms with Crippen molar-refractivity contribution in [1.82, 2.24) is 14.9 Å². The highest BCUT2D eigenvalue weighted by molar-refractivity contribution is 5.95. The monoisotopic (exact) mass is 342 g/mol. The van der Waals surface area contributed by atoms with E-state index < -0.39 is 0 Å². The molecule has 2 aromatic rings. The summed E-state index contributed by atoms with van der Waals surface area (Å²) in [5.41, 5.74) is 0.607. The number of methoxy groups -OCH3 is 2. The molecule has 1 aliphatic rings. The summed E-state index contributed by atoms with van der Waals surface area (Å²) in [5, 5.41) is 3.32. The second kappa shape index (κ2) is 7.83. The number of nitrogens with zero attached hydrogens (tertiary/aromatic N) is 3. The summed E-state index contributed by atoms with van der Waals surface area (Å²) in [6.45, 7) is 1.38. The quantitative estimate of drug-likeness (QED) is 0.898. The van der Waals surface area contributed by atoms with Crippen LogP contribution in [0.1, 0.15) is 23.2 Å². The van der Waals surface area contributed by atoms with Gasteiger partial charge in [-0.1, -0.05) is 0 Å². The van der Waals surface area contributed by atoms with Crippen LogP contribution >= 0.6 is 0 Å². The maximum Gasteiger partial charge on any atom is 0.253 e. The maximum atomic E-state index is 12.7. The van der Waals surface area contributed by atoms with Crippen LogP contribution in [0.5, 0.6) is 11.5 Å². The van der Waals surface area contributed by atoms with Crippen molar-refractivity contribution in [3.05, 3.63) is 42.2 Å². The number of hydrogen-bond donors (Lipinski definition) is 1. The first-order valence-corrected chi connectivity index (χ1v) is 8.26. The fourth-order valence-corrected chi connectivity index (χ4v) is 2.93. The van der Waals surface area contributed by atoms with Gasteiger partial charge in [0.2, 0.25) is 5.95 Å². The number of hydrogen-bond acceptors (Lipinski definition) is 6. The predicted molar refractivity (Wildman–Crippen MR) is 94.1 cm³/mol. The zero-order chi connectivity index (χ0) is 17.6. The van der Waals surface area contributed by atoms with Gasteiger partial charge in [-0.15, -0.1) is 0 Å². The summed E-state index contributed by atoms with van der Waals surface area (Å²) in [7, 11) is 3.14. The van der Waals surface area contributed by atoms with Crippen LogP contribution in [0.25, 0.3) is 0 Å². The second-order valence-corrected chi connectivity index (χ2v) is 5.85. The Bertz CT molecular complexity index is 716. The number of rotatable bonds is 5. The van der Waals surface area contributed by atoms with E-state index >= 15 is 0 Å². The van der Waals surface area contributed by atoms with Gasteiger partial charge in [0.1, 0.15) is 0 Å². The van der Waals surface area contributed by atoms with Gasteiger partial charge >= 0.3 is 0 Å². The molecule has 3 rings (SSSR count). The summed E-state index contributed by atoms with van der Waals surface area (Å²) in [6.07, 6.45) is 5.14. The van der Waals surface area contributed by atoms with Crippen molar-refractivity contribution in [1.29, 1.82) is 0 Å². The van der Waals surface area contributed by atoms with Gasteiger partial charge in [0.15, 0.2) is 11.5 Å². The Morgan fingerprint density at radius 1 is 1.12 bits per heavy atom. The lowest BCUT2D eigenvalue weighted by Crippen LogP contribution is -2.42. The van der Waals surface area contributed by atoms with Crippen molar-refractivity contribution in [2.24, 2.45) is 0 Å². The number of piperidine rings is 1. The van der Waals surface area contributed by atoms with Crippen molar-refractivity contribution >= 4 is 11.9 Å². The SMILES string of the molecule is COc1ccc(C(=O)N2CCC(Nc3ncccn3)CC2)cc1OC. The molecule has 7 heteroatoms. The summed E-state index contributed by atoms with van der Waals surface area (Å²) in [5.74, 6) is 1.82. The van der Waals surface area contributed by atoms with Crippen LogP contribution < -0.4 is 14.8 Å². The normalized spacial score (nSPS) is 14.9. The van der Waals surface area contributed by atoms with Crippen LogP contribution in [0.3, 0.4) is 0 Å². The Morgan fingerprint density at radius 2 is 1.80 bits per heavy atom. The molecule has 2 heterocycles. The Morgan fingerprint density at radius 3 is 2.44 bits per heavy atom. The second-order valence-electron chi connectivity index (χ2n) is 5.85. The number of anilines is 1. The lowest BCUT2D eigenvalue weighted by molar-refractivity contribution is 0.0718. The minimum absolute atomic E-state index is 0.00960. The molecule has 7 nitrogen and oxygen atoms in total. The molecule has 1 N–H and O–H groups in total. The van der Waals surface area contributed by atoms with E-state index in [0.29, 0.717) is 36.1 Å². The van der Waals surface area contributed by atoms with Crippen molar-refractivity contribution < 1.29 is 14.3 Å². The molecule has 1 saturated heterocycles. The van der Waals surface area contributed by atoms with Gasteiger partial charge in [0.05, 0.1) is 14.2 Å². The molecule has 0 unspecified atom stereocenters. The molecule has 1 amide bonds. The molecule has 0 atom stereocenters. The van der Waals surface area contributed by atoms with Crippen LogP contribution in [-0.4, -0.2) is 54.1 Å². The first-order chi connectivity index (χ1) is 12.2. The van der Waals surface area contributed by atoms with E-state index in [9.17, 15) is 4.79 Å². The van der Waals surface area contributed by atoms with Crippen molar-refractivity contribution in [2.75, 3.05) is 32.6 Å². The minimum Gasteiger partial charge on any atom is -0.493 e. The van der Waals surface area contributed by atoms with Gasteiger partial charge in [-0.3, -0.25) is 4.79 Å². The van der Waals surface area contributed by atoms with Gasteiger partial charge in [0.25, 0.3) is 5.91 Å². The van der Waals surface area contributed by atoms with Crippen LogP contribution in [0.15, 0.2) is 36.7 Å². The number of nitrogens with one attached hydrogen (secondary N) is 1. The molecule has 1 aliphatic heterocycles. The lowest BCUT2D eigenvalue weighted by Gasteiger charge is -2.32. The van der Waals surface area contributed by atoms with Gasteiger partial charge < -0.3 is 19.7 Å². The van der Waals surface area contributed by atoms with Crippen molar-refractivity contribution in [2.45, 2.75) is 18.9 Å². The highest BCUT2D eigenvalue weighted by atomic mass is 16.5. The fraction of sp³-hybridized carbons (Fsp3) is 0.389. The predicted octanol–water partition coefficient (Wildman–Crippen LogP) is 2.21. The number of ether oxygens (including phenoxy) is 2. The highest BCUT2D eigenvalue weighted by Gasteiger charge is 2.24. The van der Waals surface area contributed by atoms with Crippen LogP contribution in [0.4, 0.5) is 5.95 Å². The number of benzene rings is 1. The largest absolute Gasteiger partial charge is 0.493 e. The minimum atomic E-state index is 0.00960. The summed E-state index contributed by atoms with van der Waals surface area (Å²) < 4.78 is 10.5. The van der Waals surface area contributed by atoms with Crippen molar-refractivity contribution in [3.63, 3.8) is 0 Å². The molecular formula is C18H22N4O3. The Labute approximate surface area is 147 Å². The zero-order valence-corrected chi connectivity index (χ0v) is 14.4. The Hall–Kier alpha value is -2.83. The lowest BCUT2D eigenvalue weighted by atomic mass is 10.0. The van der Waals surface area contributed by atoms with E-state index in [1.807, 2.05) is 4.90 Å². The van der Waals surface area contributed by atoms with Gasteiger partial charge in [0, 0.05) is 37.1 Å². The number of aromatic nitrogens is 2. The first kappa shape index (κ1) is 17.0. The molecule has 132 valence electrons. The van der Waals surface area contributed by atoms with E-state index in [0.717, 1.165) is 12.8 Å². The smallest absolute Gasteiger partial charge is 0.253 e. The standard InChI is InChI=1S/C18H22N4O3/c1-24-15-5-4-13(12-16(15)25-2)17(23)22-10-6-14(7-11-22)21-18-19-8-3-9-20-18/h3-5,8-9,12,14H,6-7,10-11H2,1-2H3,(H,19,20,21). The molecule has 0 bridgehead atoms. The average molecular weight is 342 g/mol. The number of carbonyl (C=O) groups is 1. The fourth-order valence-electron chi connectivity index (χ4n) is 2.93. The third-order valence-electron chi connectivity index (χ3n) is 4.31. The topological polar surface area (TPSA) is 76.6 Å². The van der Waals surface area contributed by atoms with Gasteiger partial charge in [-0.05, 0) is 37.1 Å². The molecule has 1 fully saturated rings.